The molecule has 0 unspecified atom stereocenters. The minimum atomic E-state index is -0.141. The lowest BCUT2D eigenvalue weighted by atomic mass is 10.1. The van der Waals surface area contributed by atoms with Crippen LogP contribution in [0.1, 0.15) is 25.5 Å². The van der Waals surface area contributed by atoms with E-state index in [2.05, 4.69) is 19.9 Å². The zero-order valence-electron chi connectivity index (χ0n) is 11.3. The predicted molar refractivity (Wildman–Crippen MR) is 77.5 cm³/mol. The number of nitrogens with one attached hydrogen (secondary N) is 1. The maximum absolute atomic E-state index is 11.7. The Bertz CT molecular complexity index is 823. The maximum Gasteiger partial charge on any atom is 0.251 e. The molecule has 5 heteroatoms. The van der Waals surface area contributed by atoms with Crippen molar-refractivity contribution >= 4 is 11.0 Å². The summed E-state index contributed by atoms with van der Waals surface area (Å²) < 4.78 is 0. The number of rotatable bonds is 2. The van der Waals surface area contributed by atoms with Gasteiger partial charge in [0.05, 0.1) is 16.7 Å². The van der Waals surface area contributed by atoms with Crippen molar-refractivity contribution in [3.63, 3.8) is 0 Å². The number of aromatic amines is 1. The Balaban J connectivity index is 2.17. The van der Waals surface area contributed by atoms with Crippen LogP contribution in [0.5, 0.6) is 0 Å². The predicted octanol–water partition coefficient (Wildman–Crippen LogP) is 2.50. The highest BCUT2D eigenvalue weighted by Gasteiger charge is 2.08. The fourth-order valence-electron chi connectivity index (χ4n) is 2.02. The molecule has 3 rings (SSSR count). The van der Waals surface area contributed by atoms with Crippen molar-refractivity contribution in [2.24, 2.45) is 0 Å². The highest BCUT2D eigenvalue weighted by molar-refractivity contribution is 5.79. The first-order valence-electron chi connectivity index (χ1n) is 6.46. The maximum atomic E-state index is 11.7. The molecule has 0 bridgehead atoms. The van der Waals surface area contributed by atoms with Crippen LogP contribution in [0.4, 0.5) is 0 Å². The molecule has 0 saturated heterocycles. The Morgan fingerprint density at radius 3 is 2.55 bits per heavy atom. The third kappa shape index (κ3) is 2.30. The number of hydrogen-bond acceptors (Lipinski definition) is 4. The monoisotopic (exact) mass is 266 g/mol. The number of hydrogen-bond donors (Lipinski definition) is 1. The normalized spacial score (nSPS) is 11.2. The van der Waals surface area contributed by atoms with Crippen molar-refractivity contribution in [2.45, 2.75) is 19.8 Å². The van der Waals surface area contributed by atoms with Crippen LogP contribution in [-0.2, 0) is 0 Å². The van der Waals surface area contributed by atoms with Crippen LogP contribution >= 0.6 is 0 Å². The van der Waals surface area contributed by atoms with E-state index in [4.69, 9.17) is 0 Å². The summed E-state index contributed by atoms with van der Waals surface area (Å²) in [5, 5.41) is 0. The van der Waals surface area contributed by atoms with E-state index in [0.29, 0.717) is 5.82 Å². The van der Waals surface area contributed by atoms with E-state index in [1.807, 2.05) is 32.0 Å². The molecule has 2 heterocycles. The van der Waals surface area contributed by atoms with Gasteiger partial charge in [-0.25, -0.2) is 4.98 Å². The van der Waals surface area contributed by atoms with Crippen LogP contribution in [0.25, 0.3) is 22.4 Å². The Labute approximate surface area is 115 Å². The zero-order valence-corrected chi connectivity index (χ0v) is 11.3. The van der Waals surface area contributed by atoms with Crippen molar-refractivity contribution in [1.82, 2.24) is 19.9 Å². The Morgan fingerprint density at radius 2 is 1.80 bits per heavy atom. The summed E-state index contributed by atoms with van der Waals surface area (Å²) in [6, 6.07) is 7.18. The second kappa shape index (κ2) is 4.85. The first-order valence-corrected chi connectivity index (χ1v) is 6.46. The van der Waals surface area contributed by atoms with Crippen molar-refractivity contribution in [1.29, 1.82) is 0 Å². The first-order chi connectivity index (χ1) is 9.63. The van der Waals surface area contributed by atoms with Gasteiger partial charge in [-0.05, 0) is 24.1 Å². The smallest absolute Gasteiger partial charge is 0.251 e. The largest absolute Gasteiger partial charge is 0.307 e. The zero-order chi connectivity index (χ0) is 14.1. The van der Waals surface area contributed by atoms with E-state index in [1.54, 1.807) is 12.4 Å². The summed E-state index contributed by atoms with van der Waals surface area (Å²) in [5.41, 5.74) is 3.07. The lowest BCUT2D eigenvalue weighted by molar-refractivity contribution is 0.812. The van der Waals surface area contributed by atoms with Gasteiger partial charge in [-0.1, -0.05) is 13.8 Å². The first kappa shape index (κ1) is 12.5. The van der Waals surface area contributed by atoms with E-state index in [1.165, 1.54) is 6.07 Å². The molecule has 0 aliphatic carbocycles. The summed E-state index contributed by atoms with van der Waals surface area (Å²) in [5.74, 6) is 0.769. The van der Waals surface area contributed by atoms with Crippen molar-refractivity contribution in [2.75, 3.05) is 0 Å². The molecule has 0 radical (unpaired) electrons. The summed E-state index contributed by atoms with van der Waals surface area (Å²) in [7, 11) is 0. The molecule has 0 spiro atoms. The molecule has 0 saturated carbocycles. The Kier molecular flexibility index (Phi) is 3.02. The average Bonchev–Trinajstić information content (AvgIpc) is 2.46. The lowest BCUT2D eigenvalue weighted by Crippen LogP contribution is -2.11. The van der Waals surface area contributed by atoms with Gasteiger partial charge < -0.3 is 4.98 Å². The standard InChI is InChI=1S/C15H14N4O/c1-9(2)12-8-14(20)19-15(18-12)10-3-4-11-13(7-10)17-6-5-16-11/h3-9H,1-2H3,(H,18,19,20). The van der Waals surface area contributed by atoms with Gasteiger partial charge in [-0.15, -0.1) is 0 Å². The van der Waals surface area contributed by atoms with Gasteiger partial charge in [0.2, 0.25) is 0 Å². The molecular formula is C15H14N4O. The topological polar surface area (TPSA) is 71.5 Å². The van der Waals surface area contributed by atoms with Crippen LogP contribution in [0.2, 0.25) is 0 Å². The number of nitrogens with zero attached hydrogens (tertiary/aromatic N) is 3. The average molecular weight is 266 g/mol. The van der Waals surface area contributed by atoms with Crippen LogP contribution in [0.3, 0.4) is 0 Å². The van der Waals surface area contributed by atoms with Crippen molar-refractivity contribution < 1.29 is 0 Å². The van der Waals surface area contributed by atoms with Gasteiger partial charge in [0.15, 0.2) is 0 Å². The second-order valence-electron chi connectivity index (χ2n) is 4.93. The highest BCUT2D eigenvalue weighted by atomic mass is 16.1. The van der Waals surface area contributed by atoms with Gasteiger partial charge in [0, 0.05) is 24.0 Å². The third-order valence-corrected chi connectivity index (χ3v) is 3.10. The van der Waals surface area contributed by atoms with E-state index in [0.717, 1.165) is 22.3 Å². The molecule has 20 heavy (non-hydrogen) atoms. The van der Waals surface area contributed by atoms with E-state index < -0.39 is 0 Å². The molecule has 2 aromatic heterocycles. The second-order valence-corrected chi connectivity index (χ2v) is 4.93. The molecule has 0 aliphatic rings. The van der Waals surface area contributed by atoms with Gasteiger partial charge in [0.1, 0.15) is 5.82 Å². The van der Waals surface area contributed by atoms with Gasteiger partial charge in [-0.2, -0.15) is 0 Å². The molecule has 100 valence electrons. The highest BCUT2D eigenvalue weighted by Crippen LogP contribution is 2.20. The van der Waals surface area contributed by atoms with E-state index >= 15 is 0 Å². The number of H-pyrrole nitrogens is 1. The van der Waals surface area contributed by atoms with Crippen molar-refractivity contribution in [3.8, 4) is 11.4 Å². The Morgan fingerprint density at radius 1 is 1.05 bits per heavy atom. The van der Waals surface area contributed by atoms with Gasteiger partial charge in [0.25, 0.3) is 5.56 Å². The lowest BCUT2D eigenvalue weighted by Gasteiger charge is -2.07. The third-order valence-electron chi connectivity index (χ3n) is 3.10. The molecule has 3 aromatic rings. The van der Waals surface area contributed by atoms with Crippen LogP contribution in [0, 0.1) is 0 Å². The summed E-state index contributed by atoms with van der Waals surface area (Å²) in [6.45, 7) is 4.02. The number of aromatic nitrogens is 4. The minimum Gasteiger partial charge on any atom is -0.307 e. The number of fused-ring (bicyclic) bond motifs is 1. The van der Waals surface area contributed by atoms with Crippen LogP contribution in [0.15, 0.2) is 41.5 Å². The van der Waals surface area contributed by atoms with Gasteiger partial charge >= 0.3 is 0 Å². The van der Waals surface area contributed by atoms with E-state index in [9.17, 15) is 4.79 Å². The van der Waals surface area contributed by atoms with Crippen molar-refractivity contribution in [3.05, 3.63) is 52.7 Å². The minimum absolute atomic E-state index is 0.141. The van der Waals surface area contributed by atoms with E-state index in [-0.39, 0.29) is 11.5 Å². The quantitative estimate of drug-likeness (QED) is 0.773. The molecule has 5 nitrogen and oxygen atoms in total. The molecule has 0 fully saturated rings. The summed E-state index contributed by atoms with van der Waals surface area (Å²) >= 11 is 0. The summed E-state index contributed by atoms with van der Waals surface area (Å²) in [6.07, 6.45) is 3.30. The fraction of sp³-hybridized carbons (Fsp3) is 0.200. The van der Waals surface area contributed by atoms with Gasteiger partial charge in [-0.3, -0.25) is 14.8 Å². The molecular weight excluding hydrogens is 252 g/mol. The Hall–Kier alpha value is -2.56. The summed E-state index contributed by atoms with van der Waals surface area (Å²) in [4.78, 5) is 27.5. The number of benzene rings is 1. The SMILES string of the molecule is CC(C)c1cc(=O)[nH]c(-c2ccc3nccnc3c2)n1. The molecule has 0 amide bonds. The molecule has 0 atom stereocenters. The molecule has 1 aromatic carbocycles. The van der Waals surface area contributed by atoms with Crippen LogP contribution in [-0.4, -0.2) is 19.9 Å². The van der Waals surface area contributed by atoms with Crippen LogP contribution < -0.4 is 5.56 Å². The molecule has 0 aliphatic heterocycles. The fourth-order valence-corrected chi connectivity index (χ4v) is 2.02. The molecule has 1 N–H and O–H groups in total.